The highest BCUT2D eigenvalue weighted by Gasteiger charge is 2.36. The van der Waals surface area contributed by atoms with Crippen molar-refractivity contribution in [2.75, 3.05) is 12.8 Å². The normalized spacial score (nSPS) is 12.8. The van der Waals surface area contributed by atoms with Crippen molar-refractivity contribution in [1.82, 2.24) is 4.90 Å². The van der Waals surface area contributed by atoms with Gasteiger partial charge in [-0.3, -0.25) is 4.79 Å². The Morgan fingerprint density at radius 3 is 2.33 bits per heavy atom. The van der Waals surface area contributed by atoms with E-state index in [-0.39, 0.29) is 17.6 Å². The lowest BCUT2D eigenvalue weighted by atomic mass is 10.0. The number of hydrogen-bond donors (Lipinski definition) is 1. The van der Waals surface area contributed by atoms with Gasteiger partial charge in [-0.05, 0) is 38.1 Å². The van der Waals surface area contributed by atoms with Crippen molar-refractivity contribution >= 4 is 23.6 Å². The smallest absolute Gasteiger partial charge is 0.329 e. The van der Waals surface area contributed by atoms with Gasteiger partial charge in [0.1, 0.15) is 11.4 Å². The molecule has 116 valence electrons. The van der Waals surface area contributed by atoms with E-state index >= 15 is 0 Å². The van der Waals surface area contributed by atoms with Crippen molar-refractivity contribution in [2.24, 2.45) is 5.92 Å². The summed E-state index contributed by atoms with van der Waals surface area (Å²) < 4.78 is 12.8. The number of aliphatic carboxylic acids is 1. The second-order valence-corrected chi connectivity index (χ2v) is 6.52. The van der Waals surface area contributed by atoms with Gasteiger partial charge < -0.3 is 10.0 Å². The van der Waals surface area contributed by atoms with E-state index in [4.69, 9.17) is 5.11 Å². The number of carbonyl (C=O) groups excluding carboxylic acids is 1. The first-order chi connectivity index (χ1) is 9.66. The minimum atomic E-state index is -1.24. The summed E-state index contributed by atoms with van der Waals surface area (Å²) in [6, 6.07) is 6.05. The van der Waals surface area contributed by atoms with E-state index in [9.17, 15) is 14.0 Å². The molecular formula is C15H20FNO3S. The average molecular weight is 313 g/mol. The summed E-state index contributed by atoms with van der Waals surface area (Å²) in [5, 5.41) is 9.14. The monoisotopic (exact) mass is 313 g/mol. The van der Waals surface area contributed by atoms with Crippen molar-refractivity contribution in [2.45, 2.75) is 31.2 Å². The van der Waals surface area contributed by atoms with Crippen LogP contribution in [0, 0.1) is 11.7 Å². The lowest BCUT2D eigenvalue weighted by Gasteiger charge is -2.33. The third kappa shape index (κ3) is 4.46. The number of carboxylic acid groups (broad SMARTS) is 1. The second kappa shape index (κ2) is 6.93. The largest absolute Gasteiger partial charge is 0.480 e. The molecule has 21 heavy (non-hydrogen) atoms. The fourth-order valence-corrected chi connectivity index (χ4v) is 2.49. The third-order valence-corrected chi connectivity index (χ3v) is 4.70. The Hall–Kier alpha value is -1.56. The van der Waals surface area contributed by atoms with Crippen molar-refractivity contribution in [3.63, 3.8) is 0 Å². The molecule has 1 aromatic carbocycles. The lowest BCUT2D eigenvalue weighted by molar-refractivity contribution is -0.156. The van der Waals surface area contributed by atoms with Crippen LogP contribution in [0.4, 0.5) is 4.39 Å². The Morgan fingerprint density at radius 1 is 1.33 bits per heavy atom. The first-order valence-corrected chi connectivity index (χ1v) is 7.54. The number of carbonyl (C=O) groups is 2. The number of hydrogen-bond acceptors (Lipinski definition) is 3. The number of likely N-dealkylation sites (N-methyl/N-ethyl adjacent to an activating group) is 1. The topological polar surface area (TPSA) is 57.6 Å². The van der Waals surface area contributed by atoms with E-state index < -0.39 is 11.5 Å². The Bertz CT molecular complexity index is 516. The zero-order chi connectivity index (χ0) is 16.2. The molecule has 1 N–H and O–H groups in total. The van der Waals surface area contributed by atoms with Crippen LogP contribution in [0.1, 0.15) is 20.8 Å². The summed E-state index contributed by atoms with van der Waals surface area (Å²) in [7, 11) is 1.50. The van der Waals surface area contributed by atoms with Gasteiger partial charge in [-0.1, -0.05) is 6.92 Å². The molecule has 1 aromatic rings. The highest BCUT2D eigenvalue weighted by Crippen LogP contribution is 2.23. The van der Waals surface area contributed by atoms with E-state index in [2.05, 4.69) is 0 Å². The van der Waals surface area contributed by atoms with Crippen LogP contribution in [0.15, 0.2) is 29.2 Å². The fraction of sp³-hybridized carbons (Fsp3) is 0.467. The molecule has 0 fully saturated rings. The Kier molecular flexibility index (Phi) is 5.78. The van der Waals surface area contributed by atoms with Crippen molar-refractivity contribution in [3.05, 3.63) is 30.1 Å². The maximum absolute atomic E-state index is 12.8. The van der Waals surface area contributed by atoms with Crippen LogP contribution < -0.4 is 0 Å². The van der Waals surface area contributed by atoms with Crippen molar-refractivity contribution in [3.8, 4) is 0 Å². The van der Waals surface area contributed by atoms with Crippen LogP contribution in [-0.4, -0.2) is 40.2 Å². The first-order valence-electron chi connectivity index (χ1n) is 6.55. The minimum absolute atomic E-state index is 0.225. The summed E-state index contributed by atoms with van der Waals surface area (Å²) in [5.41, 5.74) is -1.24. The highest BCUT2D eigenvalue weighted by molar-refractivity contribution is 7.99. The molecule has 4 nitrogen and oxygen atoms in total. The van der Waals surface area contributed by atoms with Gasteiger partial charge in [-0.15, -0.1) is 11.8 Å². The summed E-state index contributed by atoms with van der Waals surface area (Å²) in [4.78, 5) is 25.6. The van der Waals surface area contributed by atoms with Gasteiger partial charge in [-0.2, -0.15) is 0 Å². The molecule has 6 heteroatoms. The quantitative estimate of drug-likeness (QED) is 0.821. The van der Waals surface area contributed by atoms with Gasteiger partial charge in [0.2, 0.25) is 5.91 Å². The molecule has 1 rings (SSSR count). The lowest BCUT2D eigenvalue weighted by Crippen LogP contribution is -2.52. The Morgan fingerprint density at radius 2 is 1.86 bits per heavy atom. The standard InChI is InChI=1S/C15H20FNO3S/c1-10(9-21-12-7-5-11(16)6-8-12)13(18)17(4)15(2,3)14(19)20/h5-8,10H,9H2,1-4H3,(H,19,20). The molecule has 0 aromatic heterocycles. The zero-order valence-electron chi connectivity index (χ0n) is 12.6. The van der Waals surface area contributed by atoms with Crippen LogP contribution >= 0.6 is 11.8 Å². The van der Waals surface area contributed by atoms with E-state index in [1.54, 1.807) is 19.1 Å². The SMILES string of the molecule is CC(CSc1ccc(F)cc1)C(=O)N(C)C(C)(C)C(=O)O. The van der Waals surface area contributed by atoms with E-state index in [1.807, 2.05) is 0 Å². The number of rotatable bonds is 6. The van der Waals surface area contributed by atoms with Gasteiger partial charge in [-0.25, -0.2) is 9.18 Å². The predicted octanol–water partition coefficient (Wildman–Crippen LogP) is 2.88. The zero-order valence-corrected chi connectivity index (χ0v) is 13.4. The molecule has 0 aliphatic carbocycles. The van der Waals surface area contributed by atoms with Gasteiger partial charge in [0.25, 0.3) is 0 Å². The van der Waals surface area contributed by atoms with Crippen LogP contribution in [-0.2, 0) is 9.59 Å². The first kappa shape index (κ1) is 17.5. The molecule has 1 unspecified atom stereocenters. The second-order valence-electron chi connectivity index (χ2n) is 5.43. The van der Waals surface area contributed by atoms with Gasteiger partial charge in [0.15, 0.2) is 0 Å². The van der Waals surface area contributed by atoms with Crippen molar-refractivity contribution in [1.29, 1.82) is 0 Å². The molecule has 0 aliphatic heterocycles. The van der Waals surface area contributed by atoms with E-state index in [1.165, 1.54) is 49.7 Å². The third-order valence-electron chi connectivity index (χ3n) is 3.43. The number of amides is 1. The van der Waals surface area contributed by atoms with Crippen LogP contribution in [0.25, 0.3) is 0 Å². The molecule has 0 radical (unpaired) electrons. The number of nitrogens with zero attached hydrogens (tertiary/aromatic N) is 1. The molecular weight excluding hydrogens is 293 g/mol. The van der Waals surface area contributed by atoms with E-state index in [0.717, 1.165) is 4.90 Å². The fourth-order valence-electron chi connectivity index (χ4n) is 1.57. The summed E-state index contributed by atoms with van der Waals surface area (Å²) in [6.45, 7) is 4.74. The summed E-state index contributed by atoms with van der Waals surface area (Å²) >= 11 is 1.44. The molecule has 0 saturated heterocycles. The number of benzene rings is 1. The van der Waals surface area contributed by atoms with Crippen LogP contribution in [0.5, 0.6) is 0 Å². The molecule has 0 heterocycles. The average Bonchev–Trinajstić information content (AvgIpc) is 2.44. The summed E-state index contributed by atoms with van der Waals surface area (Å²) in [6.07, 6.45) is 0. The maximum atomic E-state index is 12.8. The Balaban J connectivity index is 2.62. The van der Waals surface area contributed by atoms with Crippen molar-refractivity contribution < 1.29 is 19.1 Å². The predicted molar refractivity (Wildman–Crippen MR) is 80.8 cm³/mol. The minimum Gasteiger partial charge on any atom is -0.480 e. The number of halogens is 1. The van der Waals surface area contributed by atoms with Crippen LogP contribution in [0.2, 0.25) is 0 Å². The molecule has 0 bridgehead atoms. The highest BCUT2D eigenvalue weighted by atomic mass is 32.2. The van der Waals surface area contributed by atoms with Gasteiger partial charge in [0.05, 0.1) is 0 Å². The molecule has 0 spiro atoms. The maximum Gasteiger partial charge on any atom is 0.329 e. The van der Waals surface area contributed by atoms with Crippen LogP contribution in [0.3, 0.4) is 0 Å². The number of carboxylic acids is 1. The van der Waals surface area contributed by atoms with Gasteiger partial charge in [0, 0.05) is 23.6 Å². The molecule has 1 atom stereocenters. The van der Waals surface area contributed by atoms with Gasteiger partial charge >= 0.3 is 5.97 Å². The van der Waals surface area contributed by atoms with E-state index in [0.29, 0.717) is 5.75 Å². The number of thioether (sulfide) groups is 1. The Labute approximate surface area is 128 Å². The molecule has 0 aliphatic rings. The molecule has 0 saturated carbocycles. The molecule has 1 amide bonds. The summed E-state index contributed by atoms with van der Waals surface area (Å²) in [5.74, 6) is -1.39.